The minimum Gasteiger partial charge on any atom is -0.373 e. The van der Waals surface area contributed by atoms with Crippen LogP contribution in [0.2, 0.25) is 0 Å². The molecule has 0 saturated carbocycles. The summed E-state index contributed by atoms with van der Waals surface area (Å²) in [7, 11) is 0. The highest BCUT2D eigenvalue weighted by Crippen LogP contribution is 2.31. The number of hydrogen-bond donors (Lipinski definition) is 0. The van der Waals surface area contributed by atoms with Crippen molar-refractivity contribution in [1.29, 1.82) is 0 Å². The van der Waals surface area contributed by atoms with E-state index in [1.54, 1.807) is 0 Å². The predicted octanol–water partition coefficient (Wildman–Crippen LogP) is 1.34. The lowest BCUT2D eigenvalue weighted by Gasteiger charge is -1.89. The fourth-order valence-corrected chi connectivity index (χ4v) is 1.38. The average molecular weight is 142 g/mol. The molecule has 0 aromatic rings. The Hall–Kier alpha value is -0.0800. The van der Waals surface area contributed by atoms with Gasteiger partial charge in [-0.15, -0.1) is 0 Å². The van der Waals surface area contributed by atoms with Gasteiger partial charge in [0.15, 0.2) is 0 Å². The second-order valence-corrected chi connectivity index (χ2v) is 3.15. The molecule has 0 radical (unpaired) electrons. The zero-order valence-electron chi connectivity index (χ0n) is 6.38. The summed E-state index contributed by atoms with van der Waals surface area (Å²) in [4.78, 5) is 0. The molecule has 2 saturated heterocycles. The van der Waals surface area contributed by atoms with Crippen LogP contribution in [0.15, 0.2) is 0 Å². The zero-order valence-corrected chi connectivity index (χ0v) is 6.38. The van der Waals surface area contributed by atoms with Crippen molar-refractivity contribution in [2.75, 3.05) is 6.61 Å². The Balaban J connectivity index is 1.55. The van der Waals surface area contributed by atoms with Gasteiger partial charge in [-0.25, -0.2) is 0 Å². The van der Waals surface area contributed by atoms with E-state index in [-0.39, 0.29) is 0 Å². The third-order valence-corrected chi connectivity index (χ3v) is 2.27. The van der Waals surface area contributed by atoms with Gasteiger partial charge in [0.1, 0.15) is 0 Å². The number of hydrogen-bond acceptors (Lipinski definition) is 2. The summed E-state index contributed by atoms with van der Waals surface area (Å²) in [5.41, 5.74) is 0. The van der Waals surface area contributed by atoms with Crippen molar-refractivity contribution in [3.63, 3.8) is 0 Å². The average Bonchev–Trinajstić information content (AvgIpc) is 2.82. The minimum absolute atomic E-state index is 0.578. The van der Waals surface area contributed by atoms with Crippen molar-refractivity contribution >= 4 is 0 Å². The molecule has 0 aromatic carbocycles. The Morgan fingerprint density at radius 2 is 2.10 bits per heavy atom. The maximum Gasteiger partial charge on any atom is 0.0842 e. The molecule has 0 amide bonds. The lowest BCUT2D eigenvalue weighted by molar-refractivity contribution is 0.340. The Kier molecular flexibility index (Phi) is 1.66. The summed E-state index contributed by atoms with van der Waals surface area (Å²) in [6.45, 7) is 3.17. The van der Waals surface area contributed by atoms with Crippen LogP contribution < -0.4 is 0 Å². The Morgan fingerprint density at radius 1 is 1.30 bits per heavy atom. The van der Waals surface area contributed by atoms with Crippen LogP contribution in [0.25, 0.3) is 0 Å². The molecule has 10 heavy (non-hydrogen) atoms. The van der Waals surface area contributed by atoms with Crippen LogP contribution in [0, 0.1) is 0 Å². The second-order valence-electron chi connectivity index (χ2n) is 3.15. The maximum absolute atomic E-state index is 5.39. The largest absolute Gasteiger partial charge is 0.373 e. The fraction of sp³-hybridized carbons (Fsp3) is 1.00. The SMILES string of the molecule is CCC1OC1CCC1CO1. The molecular formula is C8H14O2. The molecule has 2 aliphatic heterocycles. The van der Waals surface area contributed by atoms with Gasteiger partial charge in [-0.2, -0.15) is 0 Å². The summed E-state index contributed by atoms with van der Waals surface area (Å²) >= 11 is 0. The Labute approximate surface area is 61.5 Å². The molecule has 3 unspecified atom stereocenters. The molecule has 58 valence electrons. The van der Waals surface area contributed by atoms with Crippen LogP contribution in [0.5, 0.6) is 0 Å². The van der Waals surface area contributed by atoms with Crippen LogP contribution in [0.3, 0.4) is 0 Å². The fourth-order valence-electron chi connectivity index (χ4n) is 1.38. The van der Waals surface area contributed by atoms with Gasteiger partial charge in [0.05, 0.1) is 24.9 Å². The van der Waals surface area contributed by atoms with E-state index in [9.17, 15) is 0 Å². The highest BCUT2D eigenvalue weighted by atomic mass is 16.6. The van der Waals surface area contributed by atoms with Crippen LogP contribution in [-0.4, -0.2) is 24.9 Å². The van der Waals surface area contributed by atoms with Crippen molar-refractivity contribution in [3.8, 4) is 0 Å². The van der Waals surface area contributed by atoms with E-state index in [0.29, 0.717) is 18.3 Å². The molecular weight excluding hydrogens is 128 g/mol. The molecule has 2 heteroatoms. The molecule has 3 atom stereocenters. The molecule has 0 N–H and O–H groups in total. The molecule has 2 aliphatic rings. The van der Waals surface area contributed by atoms with Crippen LogP contribution in [0.1, 0.15) is 26.2 Å². The molecule has 0 spiro atoms. The van der Waals surface area contributed by atoms with Gasteiger partial charge in [-0.1, -0.05) is 6.92 Å². The van der Waals surface area contributed by atoms with Gasteiger partial charge in [0.25, 0.3) is 0 Å². The molecule has 2 heterocycles. The summed E-state index contributed by atoms with van der Waals surface area (Å²) < 4.78 is 10.5. The van der Waals surface area contributed by atoms with Crippen LogP contribution in [0.4, 0.5) is 0 Å². The van der Waals surface area contributed by atoms with E-state index in [1.165, 1.54) is 19.3 Å². The van der Waals surface area contributed by atoms with Gasteiger partial charge < -0.3 is 9.47 Å². The summed E-state index contributed by atoms with van der Waals surface area (Å²) in [6.07, 6.45) is 5.34. The minimum atomic E-state index is 0.578. The summed E-state index contributed by atoms with van der Waals surface area (Å²) in [6, 6.07) is 0. The van der Waals surface area contributed by atoms with Gasteiger partial charge in [0, 0.05) is 0 Å². The van der Waals surface area contributed by atoms with E-state index in [1.807, 2.05) is 0 Å². The molecule has 2 nitrogen and oxygen atoms in total. The van der Waals surface area contributed by atoms with E-state index >= 15 is 0 Å². The van der Waals surface area contributed by atoms with Crippen molar-refractivity contribution in [2.45, 2.75) is 44.5 Å². The van der Waals surface area contributed by atoms with Crippen molar-refractivity contribution < 1.29 is 9.47 Å². The molecule has 2 fully saturated rings. The Morgan fingerprint density at radius 3 is 2.60 bits per heavy atom. The molecule has 0 bridgehead atoms. The summed E-state index contributed by atoms with van der Waals surface area (Å²) in [5, 5.41) is 0. The van der Waals surface area contributed by atoms with Gasteiger partial charge in [-0.05, 0) is 19.3 Å². The Bertz CT molecular complexity index is 120. The van der Waals surface area contributed by atoms with Crippen molar-refractivity contribution in [2.24, 2.45) is 0 Å². The van der Waals surface area contributed by atoms with E-state index in [0.717, 1.165) is 6.61 Å². The van der Waals surface area contributed by atoms with Gasteiger partial charge in [0.2, 0.25) is 0 Å². The van der Waals surface area contributed by atoms with Gasteiger partial charge >= 0.3 is 0 Å². The lowest BCUT2D eigenvalue weighted by atomic mass is 10.1. The predicted molar refractivity (Wildman–Crippen MR) is 37.9 cm³/mol. The molecule has 2 rings (SSSR count). The van der Waals surface area contributed by atoms with Crippen LogP contribution >= 0.6 is 0 Å². The van der Waals surface area contributed by atoms with E-state index in [2.05, 4.69) is 6.92 Å². The monoisotopic (exact) mass is 142 g/mol. The highest BCUT2D eigenvalue weighted by Gasteiger charge is 2.37. The summed E-state index contributed by atoms with van der Waals surface area (Å²) in [5.74, 6) is 0. The van der Waals surface area contributed by atoms with Crippen molar-refractivity contribution in [3.05, 3.63) is 0 Å². The first kappa shape index (κ1) is 6.62. The number of rotatable bonds is 4. The van der Waals surface area contributed by atoms with Gasteiger partial charge in [-0.3, -0.25) is 0 Å². The number of epoxide rings is 2. The first-order valence-corrected chi connectivity index (χ1v) is 4.17. The lowest BCUT2D eigenvalue weighted by Crippen LogP contribution is -1.95. The second kappa shape index (κ2) is 2.51. The standard InChI is InChI=1S/C8H14O2/c1-2-7-8(10-7)4-3-6-5-9-6/h6-8H,2-5H2,1H3. The smallest absolute Gasteiger partial charge is 0.0842 e. The topological polar surface area (TPSA) is 25.1 Å². The third-order valence-electron chi connectivity index (χ3n) is 2.27. The highest BCUT2D eigenvalue weighted by molar-refractivity contribution is 4.85. The van der Waals surface area contributed by atoms with Crippen LogP contribution in [-0.2, 0) is 9.47 Å². The maximum atomic E-state index is 5.39. The van der Waals surface area contributed by atoms with E-state index < -0.39 is 0 Å². The molecule has 0 aromatic heterocycles. The first-order chi connectivity index (χ1) is 4.90. The van der Waals surface area contributed by atoms with Crippen molar-refractivity contribution in [1.82, 2.24) is 0 Å². The molecule has 0 aliphatic carbocycles. The zero-order chi connectivity index (χ0) is 6.97. The first-order valence-electron chi connectivity index (χ1n) is 4.17. The normalized spacial score (nSPS) is 43.5. The van der Waals surface area contributed by atoms with E-state index in [4.69, 9.17) is 9.47 Å². The number of ether oxygens (including phenoxy) is 2. The quantitative estimate of drug-likeness (QED) is 0.553. The third kappa shape index (κ3) is 1.50.